The van der Waals surface area contributed by atoms with Gasteiger partial charge in [0.2, 0.25) is 0 Å². The minimum absolute atomic E-state index is 0. The first-order valence-corrected chi connectivity index (χ1v) is 22.3. The maximum absolute atomic E-state index is 12.9. The van der Waals surface area contributed by atoms with E-state index in [0.29, 0.717) is 43.7 Å². The number of likely N-dealkylation sites (tertiary alicyclic amines) is 2. The third-order valence-corrected chi connectivity index (χ3v) is 14.4. The highest BCUT2D eigenvalue weighted by atomic mass is 16.7. The van der Waals surface area contributed by atoms with Crippen LogP contribution in [0.3, 0.4) is 0 Å². The van der Waals surface area contributed by atoms with Crippen LogP contribution in [0, 0.1) is 35.5 Å². The summed E-state index contributed by atoms with van der Waals surface area (Å²) >= 11 is 0. The van der Waals surface area contributed by atoms with Crippen molar-refractivity contribution in [2.45, 2.75) is 144 Å². The topological polar surface area (TPSA) is 130 Å². The van der Waals surface area contributed by atoms with Crippen molar-refractivity contribution in [1.29, 1.82) is 0 Å². The highest BCUT2D eigenvalue weighted by molar-refractivity contribution is 6.45. The number of ether oxygens (including phenoxy) is 2. The molecule has 1 radical (unpaired) electrons. The molecule has 0 N–H and O–H groups in total. The van der Waals surface area contributed by atoms with Crippen molar-refractivity contribution in [3.05, 3.63) is 71.8 Å². The summed E-state index contributed by atoms with van der Waals surface area (Å²) in [6.45, 7) is 21.2. The predicted molar refractivity (Wildman–Crippen MR) is 240 cm³/mol. The molecule has 2 aliphatic carbocycles. The van der Waals surface area contributed by atoms with Gasteiger partial charge in [-0.2, -0.15) is 0 Å². The lowest BCUT2D eigenvalue weighted by atomic mass is 9.80. The first kappa shape index (κ1) is 49.3. The Morgan fingerprint density at radius 2 is 1.08 bits per heavy atom. The summed E-state index contributed by atoms with van der Waals surface area (Å²) in [7, 11) is 1.22. The molecule has 2 amide bonds. The zero-order chi connectivity index (χ0) is 44.2. The third-order valence-electron chi connectivity index (χ3n) is 14.4. The number of amides is 2. The van der Waals surface area contributed by atoms with Crippen molar-refractivity contribution in [1.82, 2.24) is 9.80 Å². The maximum Gasteiger partial charge on any atom is 0.488 e. The predicted octanol–water partition coefficient (Wildman–Crippen LogP) is 8.96. The number of hydrogen-bond donors (Lipinski definition) is 0. The Labute approximate surface area is 371 Å². The van der Waals surface area contributed by atoms with Gasteiger partial charge < -0.3 is 37.9 Å². The summed E-state index contributed by atoms with van der Waals surface area (Å²) in [4.78, 5) is 53.0. The number of benzene rings is 2. The van der Waals surface area contributed by atoms with Crippen molar-refractivity contribution in [3.8, 4) is 0 Å². The number of carbonyl (C=O) groups is 4. The summed E-state index contributed by atoms with van der Waals surface area (Å²) in [6, 6.07) is 19.3. The van der Waals surface area contributed by atoms with Crippen LogP contribution in [-0.4, -0.2) is 96.9 Å². The van der Waals surface area contributed by atoms with Gasteiger partial charge in [-0.15, -0.1) is 0 Å². The van der Waals surface area contributed by atoms with Crippen LogP contribution in [0.5, 0.6) is 0 Å². The van der Waals surface area contributed by atoms with Gasteiger partial charge in [0.15, 0.2) is 0 Å². The average molecular weight is 858 g/mol. The van der Waals surface area contributed by atoms with Crippen LogP contribution in [0.4, 0.5) is 9.59 Å². The van der Waals surface area contributed by atoms with Gasteiger partial charge in [-0.05, 0) is 110 Å². The van der Waals surface area contributed by atoms with Gasteiger partial charge in [0.1, 0.15) is 24.8 Å². The molecular formula is C48H71B2N2O10. The summed E-state index contributed by atoms with van der Waals surface area (Å²) in [6.07, 6.45) is 4.70. The lowest BCUT2D eigenvalue weighted by molar-refractivity contribution is -0.124. The van der Waals surface area contributed by atoms with Crippen molar-refractivity contribution in [2.75, 3.05) is 26.2 Å². The van der Waals surface area contributed by atoms with Gasteiger partial charge in [-0.25, -0.2) is 9.59 Å². The Bertz CT molecular complexity index is 1800. The molecule has 14 heteroatoms. The molecule has 4 saturated heterocycles. The van der Waals surface area contributed by atoms with E-state index in [2.05, 4.69) is 34.6 Å². The fraction of sp³-hybridized carbons (Fsp3) is 0.667. The Morgan fingerprint density at radius 1 is 0.661 bits per heavy atom. The monoisotopic (exact) mass is 858 g/mol. The summed E-state index contributed by atoms with van der Waals surface area (Å²) in [5, 5.41) is 0. The Hall–Kier alpha value is -3.71. The first-order chi connectivity index (χ1) is 28.8. The molecule has 2 unspecified atom stereocenters. The molecular weight excluding hydrogens is 786 g/mol. The van der Waals surface area contributed by atoms with Crippen LogP contribution in [0.15, 0.2) is 60.7 Å². The smallest absolute Gasteiger partial charge is 0.445 e. The average Bonchev–Trinajstić information content (AvgIpc) is 4.04. The Morgan fingerprint density at radius 3 is 1.47 bits per heavy atom. The van der Waals surface area contributed by atoms with E-state index in [1.54, 1.807) is 9.80 Å². The molecule has 339 valence electrons. The van der Waals surface area contributed by atoms with Gasteiger partial charge in [0, 0.05) is 49.9 Å². The summed E-state index contributed by atoms with van der Waals surface area (Å²) < 4.78 is 33.3. The second kappa shape index (κ2) is 20.4. The Kier molecular flexibility index (Phi) is 16.2. The van der Waals surface area contributed by atoms with Crippen LogP contribution < -0.4 is 0 Å². The number of fused-ring (bicyclic) bond motifs is 2. The molecule has 0 aromatic heterocycles. The summed E-state index contributed by atoms with van der Waals surface area (Å²) in [5.74, 6) is 1.58. The molecule has 0 spiro atoms. The molecule has 6 aliphatic rings. The normalized spacial score (nSPS) is 28.1. The first-order valence-electron chi connectivity index (χ1n) is 22.3. The maximum atomic E-state index is 12.9. The second-order valence-corrected chi connectivity index (χ2v) is 19.7. The van der Waals surface area contributed by atoms with E-state index in [9.17, 15) is 19.2 Å². The van der Waals surface area contributed by atoms with Crippen LogP contribution >= 0.6 is 0 Å². The number of hydrogen-bond acceptors (Lipinski definition) is 10. The molecule has 62 heavy (non-hydrogen) atoms. The Balaban J connectivity index is 0.000000201. The van der Waals surface area contributed by atoms with Gasteiger partial charge in [-0.3, -0.25) is 9.59 Å². The highest BCUT2D eigenvalue weighted by Gasteiger charge is 2.52. The lowest BCUT2D eigenvalue weighted by Gasteiger charge is -2.32. The molecule has 0 bridgehead atoms. The number of carbonyl (C=O) groups excluding carboxylic acids is 4. The van der Waals surface area contributed by atoms with Gasteiger partial charge in [0.05, 0.1) is 22.4 Å². The molecule has 4 heterocycles. The van der Waals surface area contributed by atoms with Crippen LogP contribution in [-0.2, 0) is 50.9 Å². The third kappa shape index (κ3) is 11.5. The van der Waals surface area contributed by atoms with Crippen LogP contribution in [0.2, 0.25) is 6.32 Å². The van der Waals surface area contributed by atoms with Crippen molar-refractivity contribution in [2.24, 2.45) is 35.5 Å². The van der Waals surface area contributed by atoms with Crippen molar-refractivity contribution >= 4 is 38.6 Å². The van der Waals surface area contributed by atoms with Gasteiger partial charge in [0.25, 0.3) is 0 Å². The molecule has 12 nitrogen and oxygen atoms in total. The minimum Gasteiger partial charge on any atom is -0.445 e. The van der Waals surface area contributed by atoms with Gasteiger partial charge in [-0.1, -0.05) is 81.4 Å². The minimum atomic E-state index is -0.316. The number of Topliss-reactive ketones (excluding diaryl/α,β-unsaturated/α-hetero) is 2. The standard InChI is InChI=1S/C24H34BNO5.C17H21NO3.C6H12BO2.CH4/c1-23(2)24(3,4)31-25(30-23)12-8-11-18-13-19-14-26(15-20(19)21(18)27)22(28)29-16-17-9-6-5-7-10-17;1-2-13-8-14-9-18(10-15(14)16(13)19)17(20)21-11-12-6-4-3-5-7-12;1-5(2)6(3,4)9-7-8-5;/h5-7,9-10,18-20H,8,11-16H2,1-4H3;3-7,13-15H,2,8-11H2,1H3;1-4H3;1H4/t18?,19-,20+;13?,14-,15+;;/m00../s1. The van der Waals surface area contributed by atoms with Gasteiger partial charge >= 0.3 is 27.0 Å². The molecule has 2 aromatic carbocycles. The zero-order valence-corrected chi connectivity index (χ0v) is 37.9. The van der Waals surface area contributed by atoms with E-state index in [4.69, 9.17) is 28.1 Å². The van der Waals surface area contributed by atoms with E-state index in [0.717, 1.165) is 49.6 Å². The number of ketones is 2. The highest BCUT2D eigenvalue weighted by Crippen LogP contribution is 2.43. The lowest BCUT2D eigenvalue weighted by Crippen LogP contribution is -2.41. The summed E-state index contributed by atoms with van der Waals surface area (Å²) in [5.41, 5.74) is 0.952. The SMILES string of the molecule is C.CC1(C)OB(CCCC2C[C@H]3CN(C(=O)OCc4ccccc4)C[C@H]3C2=O)OC1(C)C.CC1(C)O[B]OC1(C)C.CCC1C[C@H]2CN(C(=O)OCc3ccccc3)C[C@H]2C1=O. The van der Waals surface area contributed by atoms with Crippen LogP contribution in [0.1, 0.15) is 113 Å². The molecule has 6 atom stereocenters. The van der Waals surface area contributed by atoms with E-state index in [-0.39, 0.29) is 91.9 Å². The fourth-order valence-corrected chi connectivity index (χ4v) is 9.14. The zero-order valence-electron chi connectivity index (χ0n) is 37.9. The van der Waals surface area contributed by atoms with E-state index in [1.165, 1.54) is 7.69 Å². The van der Waals surface area contributed by atoms with E-state index in [1.807, 2.05) is 88.4 Å². The quantitative estimate of drug-likeness (QED) is 0.225. The molecule has 2 saturated carbocycles. The molecule has 4 aliphatic heterocycles. The van der Waals surface area contributed by atoms with E-state index >= 15 is 0 Å². The second-order valence-electron chi connectivity index (χ2n) is 19.7. The van der Waals surface area contributed by atoms with E-state index < -0.39 is 0 Å². The largest absolute Gasteiger partial charge is 0.488 e. The van der Waals surface area contributed by atoms with Crippen LogP contribution in [0.25, 0.3) is 0 Å². The van der Waals surface area contributed by atoms with Crippen molar-refractivity contribution < 1.29 is 47.3 Å². The molecule has 6 fully saturated rings. The molecule has 2 aromatic rings. The number of rotatable bonds is 9. The fourth-order valence-electron chi connectivity index (χ4n) is 9.14. The van der Waals surface area contributed by atoms with Crippen molar-refractivity contribution in [3.63, 3.8) is 0 Å². The molecule has 8 rings (SSSR count). The number of nitrogens with zero attached hydrogens (tertiary/aromatic N) is 2.